The predicted octanol–water partition coefficient (Wildman–Crippen LogP) is 6.45. The first kappa shape index (κ1) is 21.5. The standard InChI is InChI=1S/C29H26ClNO3/c1-18-10-11-28(30)26(12-18)19-13-20-15-33-16-21(14-19)31(20)29(32)34-17-27-24-8-4-2-6-22(24)23-7-3-5-9-25(23)27/h2-13,20-21,27H,14-17H2,1H3. The summed E-state index contributed by atoms with van der Waals surface area (Å²) in [7, 11) is 0. The minimum atomic E-state index is -0.272. The van der Waals surface area contributed by atoms with Crippen molar-refractivity contribution in [3.63, 3.8) is 0 Å². The number of nitrogens with zero attached hydrogens (tertiary/aromatic N) is 1. The van der Waals surface area contributed by atoms with Crippen molar-refractivity contribution < 1.29 is 14.3 Å². The lowest BCUT2D eigenvalue weighted by Gasteiger charge is -2.44. The van der Waals surface area contributed by atoms with Gasteiger partial charge in [-0.2, -0.15) is 0 Å². The number of amides is 1. The molecule has 6 rings (SSSR count). The molecule has 0 N–H and O–H groups in total. The number of carbonyl (C=O) groups excluding carboxylic acids is 1. The van der Waals surface area contributed by atoms with Crippen molar-refractivity contribution in [2.45, 2.75) is 31.3 Å². The molecule has 1 fully saturated rings. The Kier molecular flexibility index (Phi) is 5.43. The molecule has 2 aliphatic heterocycles. The highest BCUT2D eigenvalue weighted by Crippen LogP contribution is 2.45. The minimum absolute atomic E-state index is 0.0504. The average Bonchev–Trinajstić information content (AvgIpc) is 3.17. The number of benzene rings is 3. The smallest absolute Gasteiger partial charge is 0.410 e. The van der Waals surface area contributed by atoms with Crippen LogP contribution in [0.4, 0.5) is 4.79 Å². The van der Waals surface area contributed by atoms with E-state index < -0.39 is 0 Å². The van der Waals surface area contributed by atoms with E-state index in [1.807, 2.05) is 17.0 Å². The first-order valence-electron chi connectivity index (χ1n) is 11.8. The second-order valence-electron chi connectivity index (χ2n) is 9.35. The van der Waals surface area contributed by atoms with E-state index in [1.54, 1.807) is 0 Å². The minimum Gasteiger partial charge on any atom is -0.448 e. The fourth-order valence-corrected chi connectivity index (χ4v) is 5.87. The summed E-state index contributed by atoms with van der Waals surface area (Å²) in [5.41, 5.74) is 8.28. The Hall–Kier alpha value is -3.08. The van der Waals surface area contributed by atoms with Gasteiger partial charge in [-0.1, -0.05) is 83.9 Å². The van der Waals surface area contributed by atoms with Crippen LogP contribution in [0.15, 0.2) is 72.8 Å². The van der Waals surface area contributed by atoms with Gasteiger partial charge in [-0.15, -0.1) is 0 Å². The summed E-state index contributed by atoms with van der Waals surface area (Å²) in [6.07, 6.45) is 2.55. The van der Waals surface area contributed by atoms with Gasteiger partial charge < -0.3 is 9.47 Å². The highest BCUT2D eigenvalue weighted by atomic mass is 35.5. The van der Waals surface area contributed by atoms with Crippen LogP contribution in [0, 0.1) is 6.92 Å². The van der Waals surface area contributed by atoms with Crippen LogP contribution < -0.4 is 0 Å². The molecular weight excluding hydrogens is 446 g/mol. The zero-order valence-electron chi connectivity index (χ0n) is 19.0. The highest BCUT2D eigenvalue weighted by molar-refractivity contribution is 6.32. The van der Waals surface area contributed by atoms with Crippen molar-refractivity contribution in [3.05, 3.63) is 100 Å². The zero-order chi connectivity index (χ0) is 23.2. The second kappa shape index (κ2) is 8.61. The molecule has 3 aliphatic rings. The quantitative estimate of drug-likeness (QED) is 0.440. The molecule has 2 heterocycles. The topological polar surface area (TPSA) is 38.8 Å². The van der Waals surface area contributed by atoms with E-state index in [1.165, 1.54) is 33.4 Å². The lowest BCUT2D eigenvalue weighted by Crippen LogP contribution is -2.56. The van der Waals surface area contributed by atoms with Crippen LogP contribution >= 0.6 is 11.6 Å². The molecule has 0 aromatic heterocycles. The second-order valence-corrected chi connectivity index (χ2v) is 9.76. The molecule has 2 atom stereocenters. The Balaban J connectivity index is 1.23. The number of ether oxygens (including phenoxy) is 2. The molecule has 1 saturated heterocycles. The van der Waals surface area contributed by atoms with Crippen LogP contribution in [-0.4, -0.2) is 42.9 Å². The van der Waals surface area contributed by atoms with Crippen LogP contribution in [0.2, 0.25) is 5.02 Å². The van der Waals surface area contributed by atoms with E-state index in [-0.39, 0.29) is 24.1 Å². The van der Waals surface area contributed by atoms with Gasteiger partial charge in [-0.25, -0.2) is 4.79 Å². The van der Waals surface area contributed by atoms with Crippen LogP contribution in [0.1, 0.15) is 34.6 Å². The van der Waals surface area contributed by atoms with Gasteiger partial charge >= 0.3 is 6.09 Å². The summed E-state index contributed by atoms with van der Waals surface area (Å²) in [6.45, 7) is 3.36. The maximum Gasteiger partial charge on any atom is 0.410 e. The van der Waals surface area contributed by atoms with Gasteiger partial charge in [0, 0.05) is 10.9 Å². The number of hydrogen-bond donors (Lipinski definition) is 0. The molecule has 4 nitrogen and oxygen atoms in total. The van der Waals surface area contributed by atoms with Crippen LogP contribution in [0.25, 0.3) is 16.7 Å². The van der Waals surface area contributed by atoms with E-state index in [0.29, 0.717) is 26.2 Å². The van der Waals surface area contributed by atoms with Gasteiger partial charge in [0.15, 0.2) is 0 Å². The van der Waals surface area contributed by atoms with Crippen LogP contribution in [0.3, 0.4) is 0 Å². The summed E-state index contributed by atoms with van der Waals surface area (Å²) < 4.78 is 11.8. The molecule has 1 amide bonds. The molecular formula is C29H26ClNO3. The predicted molar refractivity (Wildman–Crippen MR) is 134 cm³/mol. The van der Waals surface area contributed by atoms with Crippen molar-refractivity contribution in [2.24, 2.45) is 0 Å². The largest absolute Gasteiger partial charge is 0.448 e. The van der Waals surface area contributed by atoms with Gasteiger partial charge in [0.2, 0.25) is 0 Å². The number of hydrogen-bond acceptors (Lipinski definition) is 3. The molecule has 0 spiro atoms. The van der Waals surface area contributed by atoms with Gasteiger partial charge in [0.05, 0.1) is 25.3 Å². The van der Waals surface area contributed by atoms with Crippen molar-refractivity contribution in [3.8, 4) is 11.1 Å². The molecule has 1 aliphatic carbocycles. The first-order chi connectivity index (χ1) is 16.6. The van der Waals surface area contributed by atoms with Crippen molar-refractivity contribution in [1.82, 2.24) is 4.90 Å². The van der Waals surface area contributed by atoms with Gasteiger partial charge in [0.1, 0.15) is 6.61 Å². The Labute approximate surface area is 204 Å². The molecule has 2 unspecified atom stereocenters. The maximum absolute atomic E-state index is 13.3. The summed E-state index contributed by atoms with van der Waals surface area (Å²) >= 11 is 6.51. The van der Waals surface area contributed by atoms with E-state index in [0.717, 1.165) is 10.6 Å². The third-order valence-electron chi connectivity index (χ3n) is 7.21. The molecule has 3 aromatic rings. The number of aryl methyl sites for hydroxylation is 1. The van der Waals surface area contributed by atoms with Crippen LogP contribution in [-0.2, 0) is 9.47 Å². The molecule has 172 valence electrons. The summed E-state index contributed by atoms with van der Waals surface area (Å²) in [5.74, 6) is 0.0504. The number of morpholine rings is 1. The first-order valence-corrected chi connectivity index (χ1v) is 12.2. The Morgan fingerprint density at radius 2 is 1.71 bits per heavy atom. The fourth-order valence-electron chi connectivity index (χ4n) is 5.63. The van der Waals surface area contributed by atoms with E-state index in [2.05, 4.69) is 67.6 Å². The maximum atomic E-state index is 13.3. The van der Waals surface area contributed by atoms with Crippen molar-refractivity contribution in [1.29, 1.82) is 0 Å². The number of carbonyl (C=O) groups is 1. The van der Waals surface area contributed by atoms with Crippen LogP contribution in [0.5, 0.6) is 0 Å². The molecule has 0 radical (unpaired) electrons. The number of rotatable bonds is 3. The van der Waals surface area contributed by atoms with E-state index in [4.69, 9.17) is 21.1 Å². The number of halogens is 1. The van der Waals surface area contributed by atoms with Gasteiger partial charge in [-0.05, 0) is 52.8 Å². The highest BCUT2D eigenvalue weighted by Gasteiger charge is 2.40. The fraction of sp³-hybridized carbons (Fsp3) is 0.276. The van der Waals surface area contributed by atoms with Gasteiger partial charge in [0.25, 0.3) is 0 Å². The Morgan fingerprint density at radius 1 is 1.00 bits per heavy atom. The average molecular weight is 472 g/mol. The third kappa shape index (κ3) is 3.62. The summed E-state index contributed by atoms with van der Waals surface area (Å²) in [6, 6.07) is 22.6. The molecule has 3 aromatic carbocycles. The van der Waals surface area contributed by atoms with Gasteiger partial charge in [-0.3, -0.25) is 4.90 Å². The molecule has 34 heavy (non-hydrogen) atoms. The molecule has 0 saturated carbocycles. The lowest BCUT2D eigenvalue weighted by molar-refractivity contribution is -0.0331. The Morgan fingerprint density at radius 3 is 2.41 bits per heavy atom. The number of fused-ring (bicyclic) bond motifs is 5. The monoisotopic (exact) mass is 471 g/mol. The SMILES string of the molecule is Cc1ccc(Cl)c(C2=CC3COCC(C2)N3C(=O)OCC2c3ccccc3-c3ccccc32)c1. The van der Waals surface area contributed by atoms with Crippen molar-refractivity contribution in [2.75, 3.05) is 19.8 Å². The zero-order valence-corrected chi connectivity index (χ0v) is 19.8. The molecule has 5 heteroatoms. The normalized spacial score (nSPS) is 21.0. The Bertz CT molecular complexity index is 1250. The lowest BCUT2D eigenvalue weighted by atomic mass is 9.89. The third-order valence-corrected chi connectivity index (χ3v) is 7.54. The summed E-state index contributed by atoms with van der Waals surface area (Å²) in [4.78, 5) is 15.2. The van der Waals surface area contributed by atoms with E-state index >= 15 is 0 Å². The summed E-state index contributed by atoms with van der Waals surface area (Å²) in [5, 5.41) is 0.741. The van der Waals surface area contributed by atoms with E-state index in [9.17, 15) is 4.79 Å². The molecule has 2 bridgehead atoms. The van der Waals surface area contributed by atoms with Crippen molar-refractivity contribution >= 4 is 23.3 Å².